The first-order chi connectivity index (χ1) is 8.79. The second-order valence-corrected chi connectivity index (χ2v) is 5.12. The predicted octanol–water partition coefficient (Wildman–Crippen LogP) is 2.85. The van der Waals surface area contributed by atoms with Crippen molar-refractivity contribution in [3.05, 3.63) is 47.8 Å². The Labute approximate surface area is 107 Å². The third-order valence-electron chi connectivity index (χ3n) is 3.65. The molecule has 0 aliphatic heterocycles. The first-order valence-corrected chi connectivity index (χ1v) is 6.54. The second kappa shape index (κ2) is 4.58. The first-order valence-electron chi connectivity index (χ1n) is 6.54. The highest BCUT2D eigenvalue weighted by Crippen LogP contribution is 2.40. The van der Waals surface area contributed by atoms with Gasteiger partial charge in [0.15, 0.2) is 0 Å². The van der Waals surface area contributed by atoms with Gasteiger partial charge in [0.05, 0.1) is 5.69 Å². The Balaban J connectivity index is 1.90. The lowest BCUT2D eigenvalue weighted by Crippen LogP contribution is -2.03. The summed E-state index contributed by atoms with van der Waals surface area (Å²) in [7, 11) is 0. The fourth-order valence-corrected chi connectivity index (χ4v) is 2.27. The maximum Gasteiger partial charge on any atom is 0.0649 e. The lowest BCUT2D eigenvalue weighted by Gasteiger charge is -2.10. The third-order valence-corrected chi connectivity index (χ3v) is 3.65. The quantitative estimate of drug-likeness (QED) is 0.895. The van der Waals surface area contributed by atoms with E-state index >= 15 is 0 Å². The molecule has 18 heavy (non-hydrogen) atoms. The van der Waals surface area contributed by atoms with Crippen molar-refractivity contribution in [1.29, 1.82) is 0 Å². The van der Waals surface area contributed by atoms with Crippen LogP contribution in [0.4, 0.5) is 0 Å². The lowest BCUT2D eigenvalue weighted by atomic mass is 10.0. The van der Waals surface area contributed by atoms with Crippen LogP contribution in [0.1, 0.15) is 42.9 Å². The Bertz CT molecular complexity index is 526. The Kier molecular flexibility index (Phi) is 2.92. The zero-order chi connectivity index (χ0) is 12.5. The summed E-state index contributed by atoms with van der Waals surface area (Å²) in [6, 6.07) is 10.4. The van der Waals surface area contributed by atoms with Crippen LogP contribution in [0.3, 0.4) is 0 Å². The van der Waals surface area contributed by atoms with E-state index in [-0.39, 0.29) is 12.5 Å². The standard InChI is InChI=1S/C15H18N2O/c1-11(10-18)12-4-6-14(7-5-12)17-15(8-9-16-17)13-2-3-13/h4-9,11,13,18H,2-3,10H2,1H3. The van der Waals surface area contributed by atoms with E-state index in [9.17, 15) is 0 Å². The fraction of sp³-hybridized carbons (Fsp3) is 0.400. The molecule has 0 bridgehead atoms. The molecule has 2 aromatic rings. The number of aromatic nitrogens is 2. The number of hydrogen-bond acceptors (Lipinski definition) is 2. The molecule has 1 unspecified atom stereocenters. The average molecular weight is 242 g/mol. The van der Waals surface area contributed by atoms with Crippen LogP contribution in [-0.4, -0.2) is 21.5 Å². The average Bonchev–Trinajstić information content (AvgIpc) is 3.15. The molecule has 0 saturated heterocycles. The van der Waals surface area contributed by atoms with E-state index < -0.39 is 0 Å². The minimum atomic E-state index is 0.189. The van der Waals surface area contributed by atoms with Gasteiger partial charge in [0.1, 0.15) is 0 Å². The van der Waals surface area contributed by atoms with Gasteiger partial charge in [-0.2, -0.15) is 5.10 Å². The van der Waals surface area contributed by atoms with E-state index in [1.165, 1.54) is 24.1 Å². The Morgan fingerprint density at radius 3 is 2.61 bits per heavy atom. The van der Waals surface area contributed by atoms with Crippen LogP contribution in [0.5, 0.6) is 0 Å². The predicted molar refractivity (Wildman–Crippen MR) is 71.0 cm³/mol. The van der Waals surface area contributed by atoms with Gasteiger partial charge in [-0.1, -0.05) is 19.1 Å². The largest absolute Gasteiger partial charge is 0.396 e. The zero-order valence-corrected chi connectivity index (χ0v) is 10.6. The van der Waals surface area contributed by atoms with Crippen LogP contribution in [-0.2, 0) is 0 Å². The highest BCUT2D eigenvalue weighted by molar-refractivity contribution is 5.37. The molecule has 1 aromatic heterocycles. The normalized spacial score (nSPS) is 16.8. The van der Waals surface area contributed by atoms with Gasteiger partial charge in [-0.25, -0.2) is 4.68 Å². The van der Waals surface area contributed by atoms with Gasteiger partial charge < -0.3 is 5.11 Å². The van der Waals surface area contributed by atoms with Gasteiger partial charge in [-0.3, -0.25) is 0 Å². The van der Waals surface area contributed by atoms with Crippen molar-refractivity contribution in [2.45, 2.75) is 31.6 Å². The lowest BCUT2D eigenvalue weighted by molar-refractivity contribution is 0.273. The Morgan fingerprint density at radius 2 is 2.00 bits per heavy atom. The van der Waals surface area contributed by atoms with Gasteiger partial charge in [-0.15, -0.1) is 0 Å². The molecule has 0 spiro atoms. The number of benzene rings is 1. The number of aliphatic hydroxyl groups is 1. The molecule has 94 valence electrons. The molecule has 0 amide bonds. The first kappa shape index (κ1) is 11.5. The van der Waals surface area contributed by atoms with Gasteiger partial charge in [0, 0.05) is 30.3 Å². The molecule has 3 heteroatoms. The minimum absolute atomic E-state index is 0.189. The minimum Gasteiger partial charge on any atom is -0.396 e. The highest BCUT2D eigenvalue weighted by atomic mass is 16.3. The van der Waals surface area contributed by atoms with Gasteiger partial charge >= 0.3 is 0 Å². The smallest absolute Gasteiger partial charge is 0.0649 e. The molecule has 3 rings (SSSR count). The van der Waals surface area contributed by atoms with E-state index in [0.29, 0.717) is 5.92 Å². The number of rotatable bonds is 4. The monoisotopic (exact) mass is 242 g/mol. The van der Waals surface area contributed by atoms with Crippen LogP contribution < -0.4 is 0 Å². The molecule has 1 heterocycles. The van der Waals surface area contributed by atoms with Crippen molar-refractivity contribution in [1.82, 2.24) is 9.78 Å². The van der Waals surface area contributed by atoms with Crippen molar-refractivity contribution in [3.63, 3.8) is 0 Å². The summed E-state index contributed by atoms with van der Waals surface area (Å²) < 4.78 is 2.03. The maximum atomic E-state index is 9.15. The summed E-state index contributed by atoms with van der Waals surface area (Å²) in [6.45, 7) is 2.22. The highest BCUT2D eigenvalue weighted by Gasteiger charge is 2.27. The van der Waals surface area contributed by atoms with E-state index in [2.05, 4.69) is 35.4 Å². The van der Waals surface area contributed by atoms with Crippen LogP contribution in [0.15, 0.2) is 36.5 Å². The summed E-state index contributed by atoms with van der Waals surface area (Å²) in [4.78, 5) is 0. The van der Waals surface area contributed by atoms with Crippen molar-refractivity contribution in [2.24, 2.45) is 0 Å². The van der Waals surface area contributed by atoms with Crippen LogP contribution >= 0.6 is 0 Å². The molecule has 1 aliphatic rings. The van der Waals surface area contributed by atoms with E-state index in [1.54, 1.807) is 0 Å². The summed E-state index contributed by atoms with van der Waals surface area (Å²) in [5.74, 6) is 0.892. The summed E-state index contributed by atoms with van der Waals surface area (Å²) in [5, 5.41) is 13.6. The van der Waals surface area contributed by atoms with Gasteiger partial charge in [-0.05, 0) is 36.6 Å². The van der Waals surface area contributed by atoms with Crippen LogP contribution in [0.2, 0.25) is 0 Å². The van der Waals surface area contributed by atoms with E-state index in [4.69, 9.17) is 5.11 Å². The van der Waals surface area contributed by atoms with Gasteiger partial charge in [0.25, 0.3) is 0 Å². The number of aliphatic hydroxyl groups excluding tert-OH is 1. The molecule has 0 radical (unpaired) electrons. The third kappa shape index (κ3) is 2.06. The summed E-state index contributed by atoms with van der Waals surface area (Å²) >= 11 is 0. The molecule has 1 fully saturated rings. The molecule has 1 saturated carbocycles. The summed E-state index contributed by atoms with van der Waals surface area (Å²) in [5.41, 5.74) is 3.59. The van der Waals surface area contributed by atoms with Crippen molar-refractivity contribution < 1.29 is 5.11 Å². The molecule has 1 N–H and O–H groups in total. The van der Waals surface area contributed by atoms with Crippen molar-refractivity contribution in [3.8, 4) is 5.69 Å². The van der Waals surface area contributed by atoms with Crippen LogP contribution in [0, 0.1) is 0 Å². The van der Waals surface area contributed by atoms with Crippen molar-refractivity contribution in [2.75, 3.05) is 6.61 Å². The zero-order valence-electron chi connectivity index (χ0n) is 10.6. The topological polar surface area (TPSA) is 38.0 Å². The molecule has 1 atom stereocenters. The SMILES string of the molecule is CC(CO)c1ccc(-n2nccc2C2CC2)cc1. The molecular weight excluding hydrogens is 224 g/mol. The molecule has 1 aliphatic carbocycles. The molecule has 3 nitrogen and oxygen atoms in total. The molecular formula is C15H18N2O. The van der Waals surface area contributed by atoms with Crippen LogP contribution in [0.25, 0.3) is 5.69 Å². The number of nitrogens with zero attached hydrogens (tertiary/aromatic N) is 2. The Morgan fingerprint density at radius 1 is 1.28 bits per heavy atom. The van der Waals surface area contributed by atoms with E-state index in [0.717, 1.165) is 5.69 Å². The molecule has 1 aromatic carbocycles. The fourth-order valence-electron chi connectivity index (χ4n) is 2.27. The Hall–Kier alpha value is -1.61. The maximum absolute atomic E-state index is 9.15. The second-order valence-electron chi connectivity index (χ2n) is 5.12. The summed E-state index contributed by atoms with van der Waals surface area (Å²) in [6.07, 6.45) is 4.44. The van der Waals surface area contributed by atoms with E-state index in [1.807, 2.05) is 17.8 Å². The van der Waals surface area contributed by atoms with Gasteiger partial charge in [0.2, 0.25) is 0 Å². The van der Waals surface area contributed by atoms with Crippen molar-refractivity contribution >= 4 is 0 Å². The number of hydrogen-bond donors (Lipinski definition) is 1.